The van der Waals surface area contributed by atoms with Gasteiger partial charge in [0, 0.05) is 16.4 Å². The van der Waals surface area contributed by atoms with Gasteiger partial charge in [0.25, 0.3) is 5.91 Å². The molecule has 1 aliphatic rings. The van der Waals surface area contributed by atoms with Gasteiger partial charge < -0.3 is 20.7 Å². The summed E-state index contributed by atoms with van der Waals surface area (Å²) in [6.45, 7) is 1.83. The molecule has 1 atom stereocenters. The Bertz CT molecular complexity index is 881. The van der Waals surface area contributed by atoms with Crippen LogP contribution < -0.4 is 20.7 Å². The number of thiocarbonyl (C=S) groups is 1. The number of amides is 1. The fourth-order valence-corrected chi connectivity index (χ4v) is 3.27. The Labute approximate surface area is 162 Å². The van der Waals surface area contributed by atoms with Crippen molar-refractivity contribution in [3.8, 4) is 5.75 Å². The number of allylic oxidation sites excluding steroid dienone is 1. The number of methoxy groups -OCH3 is 1. The highest BCUT2D eigenvalue weighted by Gasteiger charge is 2.29. The Morgan fingerprint density at radius 3 is 2.62 bits per heavy atom. The van der Waals surface area contributed by atoms with Crippen LogP contribution in [0.3, 0.4) is 0 Å². The predicted octanol–water partition coefficient (Wildman–Crippen LogP) is 3.78. The summed E-state index contributed by atoms with van der Waals surface area (Å²) in [6.07, 6.45) is 0. The number of hydrogen-bond acceptors (Lipinski definition) is 3. The van der Waals surface area contributed by atoms with Crippen molar-refractivity contribution in [2.75, 3.05) is 12.4 Å². The molecule has 0 fully saturated rings. The van der Waals surface area contributed by atoms with Crippen molar-refractivity contribution < 1.29 is 9.53 Å². The fraction of sp³-hybridized carbons (Fsp3) is 0.158. The van der Waals surface area contributed by atoms with E-state index in [0.717, 1.165) is 11.3 Å². The summed E-state index contributed by atoms with van der Waals surface area (Å²) in [7, 11) is 1.61. The number of nitrogens with one attached hydrogen (secondary N) is 3. The SMILES string of the molecule is COc1ccc([C@@H]2NC(=S)NC(C)=C2C(=O)Nc2cccc(Cl)c2)cc1. The summed E-state index contributed by atoms with van der Waals surface area (Å²) < 4.78 is 5.20. The molecule has 5 nitrogen and oxygen atoms in total. The van der Waals surface area contributed by atoms with Gasteiger partial charge in [0.05, 0.1) is 18.7 Å². The van der Waals surface area contributed by atoms with Gasteiger partial charge in [0.15, 0.2) is 5.11 Å². The molecular weight excluding hydrogens is 370 g/mol. The van der Waals surface area contributed by atoms with Gasteiger partial charge in [-0.3, -0.25) is 4.79 Å². The molecule has 0 radical (unpaired) electrons. The molecule has 0 bridgehead atoms. The molecule has 0 unspecified atom stereocenters. The minimum Gasteiger partial charge on any atom is -0.497 e. The molecule has 3 rings (SSSR count). The van der Waals surface area contributed by atoms with E-state index in [4.69, 9.17) is 28.6 Å². The van der Waals surface area contributed by atoms with Gasteiger partial charge >= 0.3 is 0 Å². The lowest BCUT2D eigenvalue weighted by Crippen LogP contribution is -2.45. The van der Waals surface area contributed by atoms with Crippen LogP contribution in [0.25, 0.3) is 0 Å². The van der Waals surface area contributed by atoms with E-state index in [0.29, 0.717) is 27.1 Å². The first-order chi connectivity index (χ1) is 12.5. The van der Waals surface area contributed by atoms with Crippen molar-refractivity contribution in [3.05, 3.63) is 70.4 Å². The Hall–Kier alpha value is -2.57. The minimum atomic E-state index is -0.367. The highest BCUT2D eigenvalue weighted by atomic mass is 35.5. The van der Waals surface area contributed by atoms with Crippen molar-refractivity contribution in [1.82, 2.24) is 10.6 Å². The summed E-state index contributed by atoms with van der Waals surface area (Å²) in [5.41, 5.74) is 2.80. The van der Waals surface area contributed by atoms with E-state index in [1.165, 1.54) is 0 Å². The Balaban J connectivity index is 1.93. The van der Waals surface area contributed by atoms with E-state index in [2.05, 4.69) is 16.0 Å². The van der Waals surface area contributed by atoms with E-state index in [1.54, 1.807) is 31.4 Å². The van der Waals surface area contributed by atoms with E-state index in [9.17, 15) is 4.79 Å². The van der Waals surface area contributed by atoms with Gasteiger partial charge in [-0.2, -0.15) is 0 Å². The normalized spacial score (nSPS) is 16.6. The Kier molecular flexibility index (Phi) is 5.44. The summed E-state index contributed by atoms with van der Waals surface area (Å²) >= 11 is 11.3. The average Bonchev–Trinajstić information content (AvgIpc) is 2.61. The molecule has 3 N–H and O–H groups in total. The molecule has 0 spiro atoms. The lowest BCUT2D eigenvalue weighted by molar-refractivity contribution is -0.113. The summed E-state index contributed by atoms with van der Waals surface area (Å²) in [5, 5.41) is 10.1. The van der Waals surface area contributed by atoms with Crippen molar-refractivity contribution >= 4 is 40.5 Å². The van der Waals surface area contributed by atoms with Crippen molar-refractivity contribution in [3.63, 3.8) is 0 Å². The molecule has 0 aliphatic carbocycles. The van der Waals surface area contributed by atoms with Gasteiger partial charge in [-0.15, -0.1) is 0 Å². The van der Waals surface area contributed by atoms with E-state index in [-0.39, 0.29) is 11.9 Å². The highest BCUT2D eigenvalue weighted by molar-refractivity contribution is 7.80. The smallest absolute Gasteiger partial charge is 0.255 e. The number of halogens is 1. The van der Waals surface area contributed by atoms with Crippen LogP contribution in [0.5, 0.6) is 5.75 Å². The van der Waals surface area contributed by atoms with Crippen molar-refractivity contribution in [2.45, 2.75) is 13.0 Å². The lowest BCUT2D eigenvalue weighted by Gasteiger charge is -2.30. The number of anilines is 1. The van der Waals surface area contributed by atoms with Crippen LogP contribution in [0.4, 0.5) is 5.69 Å². The number of carbonyl (C=O) groups excluding carboxylic acids is 1. The third kappa shape index (κ3) is 3.98. The second kappa shape index (κ2) is 7.76. The zero-order valence-electron chi connectivity index (χ0n) is 14.3. The molecule has 1 heterocycles. The number of rotatable bonds is 4. The largest absolute Gasteiger partial charge is 0.497 e. The van der Waals surface area contributed by atoms with Crippen LogP contribution in [0.2, 0.25) is 5.02 Å². The maximum Gasteiger partial charge on any atom is 0.255 e. The second-order valence-electron chi connectivity index (χ2n) is 5.81. The fourth-order valence-electron chi connectivity index (χ4n) is 2.81. The third-order valence-corrected chi connectivity index (χ3v) is 4.50. The average molecular weight is 388 g/mol. The molecule has 7 heteroatoms. The first-order valence-electron chi connectivity index (χ1n) is 7.97. The molecule has 2 aromatic carbocycles. The first kappa shape index (κ1) is 18.2. The predicted molar refractivity (Wildman–Crippen MR) is 107 cm³/mol. The van der Waals surface area contributed by atoms with Crippen LogP contribution in [-0.2, 0) is 4.79 Å². The summed E-state index contributed by atoms with van der Waals surface area (Å²) in [6, 6.07) is 14.2. The lowest BCUT2D eigenvalue weighted by atomic mass is 9.95. The maximum absolute atomic E-state index is 12.9. The number of benzene rings is 2. The van der Waals surface area contributed by atoms with E-state index >= 15 is 0 Å². The molecule has 26 heavy (non-hydrogen) atoms. The molecule has 134 valence electrons. The number of ether oxygens (including phenoxy) is 1. The van der Waals surface area contributed by atoms with Gasteiger partial charge in [-0.1, -0.05) is 29.8 Å². The monoisotopic (exact) mass is 387 g/mol. The Morgan fingerprint density at radius 1 is 1.23 bits per heavy atom. The van der Waals surface area contributed by atoms with Gasteiger partial charge in [0.1, 0.15) is 5.75 Å². The summed E-state index contributed by atoms with van der Waals surface area (Å²) in [5.74, 6) is 0.518. The van der Waals surface area contributed by atoms with Crippen LogP contribution in [0.1, 0.15) is 18.5 Å². The molecular formula is C19H18ClN3O2S. The van der Waals surface area contributed by atoms with Crippen molar-refractivity contribution in [2.24, 2.45) is 0 Å². The zero-order chi connectivity index (χ0) is 18.7. The van der Waals surface area contributed by atoms with Crippen LogP contribution in [0.15, 0.2) is 59.8 Å². The molecule has 1 amide bonds. The first-order valence-corrected chi connectivity index (χ1v) is 8.75. The van der Waals surface area contributed by atoms with Crippen LogP contribution in [0, 0.1) is 0 Å². The van der Waals surface area contributed by atoms with Gasteiger partial charge in [0.2, 0.25) is 0 Å². The maximum atomic E-state index is 12.9. The Morgan fingerprint density at radius 2 is 1.96 bits per heavy atom. The summed E-state index contributed by atoms with van der Waals surface area (Å²) in [4.78, 5) is 12.9. The van der Waals surface area contributed by atoms with Crippen LogP contribution in [-0.4, -0.2) is 18.1 Å². The second-order valence-corrected chi connectivity index (χ2v) is 6.65. The zero-order valence-corrected chi connectivity index (χ0v) is 15.9. The van der Waals surface area contributed by atoms with E-state index in [1.807, 2.05) is 31.2 Å². The molecule has 0 saturated carbocycles. The van der Waals surface area contributed by atoms with Gasteiger partial charge in [-0.25, -0.2) is 0 Å². The standard InChI is InChI=1S/C19H18ClN3O2S/c1-11-16(18(24)22-14-5-3-4-13(20)10-14)17(23-19(26)21-11)12-6-8-15(25-2)9-7-12/h3-10,17H,1-2H3,(H,22,24)(H2,21,23,26)/t17-/m0/s1. The van der Waals surface area contributed by atoms with Gasteiger partial charge in [-0.05, 0) is 55.0 Å². The molecule has 2 aromatic rings. The molecule has 0 saturated heterocycles. The molecule has 0 aromatic heterocycles. The topological polar surface area (TPSA) is 62.4 Å². The van der Waals surface area contributed by atoms with Crippen molar-refractivity contribution in [1.29, 1.82) is 0 Å². The third-order valence-electron chi connectivity index (χ3n) is 4.05. The quantitative estimate of drug-likeness (QED) is 0.697. The number of hydrogen-bond donors (Lipinski definition) is 3. The minimum absolute atomic E-state index is 0.229. The van der Waals surface area contributed by atoms with E-state index < -0.39 is 0 Å². The highest BCUT2D eigenvalue weighted by Crippen LogP contribution is 2.29. The van der Waals surface area contributed by atoms with Crippen LogP contribution >= 0.6 is 23.8 Å². The molecule has 1 aliphatic heterocycles. The number of carbonyl (C=O) groups is 1.